The zero-order valence-corrected chi connectivity index (χ0v) is 13.9. The Balaban J connectivity index is 2.94. The Labute approximate surface area is 135 Å². The van der Waals surface area contributed by atoms with Crippen LogP contribution in [0.3, 0.4) is 0 Å². The number of hydrogen-bond donors (Lipinski definition) is 2. The van der Waals surface area contributed by atoms with Gasteiger partial charge in [-0.2, -0.15) is 0 Å². The summed E-state index contributed by atoms with van der Waals surface area (Å²) in [4.78, 5) is 22.8. The quantitative estimate of drug-likeness (QED) is 0.658. The summed E-state index contributed by atoms with van der Waals surface area (Å²) in [5.41, 5.74) is 0.396. The van der Waals surface area contributed by atoms with Crippen LogP contribution < -0.4 is 4.72 Å². The van der Waals surface area contributed by atoms with Gasteiger partial charge < -0.3 is 9.84 Å². The molecule has 0 unspecified atom stereocenters. The van der Waals surface area contributed by atoms with Crippen molar-refractivity contribution in [3.63, 3.8) is 0 Å². The van der Waals surface area contributed by atoms with Gasteiger partial charge >= 0.3 is 11.9 Å². The minimum atomic E-state index is -3.91. The summed E-state index contributed by atoms with van der Waals surface area (Å²) in [5.74, 6) is -2.35. The number of benzene rings is 1. The smallest absolute Gasteiger partial charge is 0.338 e. The summed E-state index contributed by atoms with van der Waals surface area (Å²) >= 11 is 0. The summed E-state index contributed by atoms with van der Waals surface area (Å²) in [7, 11) is -2.71. The van der Waals surface area contributed by atoms with Crippen LogP contribution in [0.5, 0.6) is 0 Å². The van der Waals surface area contributed by atoms with E-state index in [1.54, 1.807) is 12.1 Å². The Bertz CT molecular complexity index is 656. The molecule has 0 aliphatic rings. The van der Waals surface area contributed by atoms with Crippen LogP contribution in [0.15, 0.2) is 24.3 Å². The number of hydrogen-bond acceptors (Lipinski definition) is 5. The number of aliphatic carboxylic acids is 1. The SMILES string of the molecule is CCCC[C@H](NS(=O)(=O)Cc1ccccc1C(=O)OC)C(=O)O. The number of unbranched alkanes of at least 4 members (excludes halogenated alkanes) is 1. The molecule has 0 bridgehead atoms. The van der Waals surface area contributed by atoms with E-state index in [0.717, 1.165) is 6.42 Å². The lowest BCUT2D eigenvalue weighted by molar-refractivity contribution is -0.139. The lowest BCUT2D eigenvalue weighted by atomic mass is 10.1. The first kappa shape index (κ1) is 19.1. The zero-order valence-electron chi connectivity index (χ0n) is 13.1. The second-order valence-corrected chi connectivity index (χ2v) is 6.81. The van der Waals surface area contributed by atoms with Crippen LogP contribution in [0.2, 0.25) is 0 Å². The number of esters is 1. The monoisotopic (exact) mass is 343 g/mol. The van der Waals surface area contributed by atoms with Crippen LogP contribution in [0.4, 0.5) is 0 Å². The molecule has 0 saturated heterocycles. The first-order valence-electron chi connectivity index (χ1n) is 7.19. The van der Waals surface area contributed by atoms with Crippen molar-refractivity contribution in [2.45, 2.75) is 38.0 Å². The Hall–Kier alpha value is -1.93. The summed E-state index contributed by atoms with van der Waals surface area (Å²) in [6.45, 7) is 1.89. The van der Waals surface area contributed by atoms with Gasteiger partial charge in [0.25, 0.3) is 0 Å². The Morgan fingerprint density at radius 2 is 1.96 bits per heavy atom. The predicted molar refractivity (Wildman–Crippen MR) is 84.5 cm³/mol. The highest BCUT2D eigenvalue weighted by atomic mass is 32.2. The molecule has 0 aliphatic carbocycles. The molecule has 0 fully saturated rings. The van der Waals surface area contributed by atoms with E-state index in [9.17, 15) is 18.0 Å². The fourth-order valence-electron chi connectivity index (χ4n) is 2.06. The molecular formula is C15H21NO6S. The average molecular weight is 343 g/mol. The summed E-state index contributed by atoms with van der Waals surface area (Å²) in [5, 5.41) is 9.11. The van der Waals surface area contributed by atoms with Gasteiger partial charge in [-0.05, 0) is 18.1 Å². The molecule has 128 valence electrons. The highest BCUT2D eigenvalue weighted by Crippen LogP contribution is 2.14. The van der Waals surface area contributed by atoms with E-state index >= 15 is 0 Å². The van der Waals surface area contributed by atoms with Crippen LogP contribution in [-0.4, -0.2) is 38.6 Å². The number of carbonyl (C=O) groups is 2. The minimum Gasteiger partial charge on any atom is -0.480 e. The van der Waals surface area contributed by atoms with E-state index in [1.165, 1.54) is 19.2 Å². The molecule has 23 heavy (non-hydrogen) atoms. The van der Waals surface area contributed by atoms with Crippen molar-refractivity contribution < 1.29 is 27.9 Å². The normalized spacial score (nSPS) is 12.6. The number of carbonyl (C=O) groups excluding carboxylic acids is 1. The summed E-state index contributed by atoms with van der Waals surface area (Å²) < 4.78 is 31.2. The predicted octanol–water partition coefficient (Wildman–Crippen LogP) is 1.54. The van der Waals surface area contributed by atoms with Gasteiger partial charge in [0, 0.05) is 0 Å². The standard InChI is InChI=1S/C15H21NO6S/c1-3-4-9-13(14(17)18)16-23(20,21)10-11-7-5-6-8-12(11)15(19)22-2/h5-8,13,16H,3-4,9-10H2,1-2H3,(H,17,18)/t13-/m0/s1. The lowest BCUT2D eigenvalue weighted by Crippen LogP contribution is -2.41. The van der Waals surface area contributed by atoms with E-state index in [-0.39, 0.29) is 17.5 Å². The first-order valence-corrected chi connectivity index (χ1v) is 8.85. The van der Waals surface area contributed by atoms with E-state index in [4.69, 9.17) is 5.11 Å². The van der Waals surface area contributed by atoms with Crippen molar-refractivity contribution in [1.29, 1.82) is 0 Å². The molecule has 2 N–H and O–H groups in total. The van der Waals surface area contributed by atoms with Crippen molar-refractivity contribution in [2.24, 2.45) is 0 Å². The van der Waals surface area contributed by atoms with E-state index in [1.807, 2.05) is 6.92 Å². The van der Waals surface area contributed by atoms with Crippen molar-refractivity contribution >= 4 is 22.0 Å². The van der Waals surface area contributed by atoms with E-state index in [2.05, 4.69) is 9.46 Å². The maximum Gasteiger partial charge on any atom is 0.338 e. The average Bonchev–Trinajstić information content (AvgIpc) is 2.50. The fraction of sp³-hybridized carbons (Fsp3) is 0.467. The van der Waals surface area contributed by atoms with Crippen LogP contribution >= 0.6 is 0 Å². The number of ether oxygens (including phenoxy) is 1. The van der Waals surface area contributed by atoms with Gasteiger partial charge in [0.05, 0.1) is 18.4 Å². The molecule has 0 saturated carbocycles. The van der Waals surface area contributed by atoms with Crippen LogP contribution in [0.25, 0.3) is 0 Å². The zero-order chi connectivity index (χ0) is 17.5. The van der Waals surface area contributed by atoms with Gasteiger partial charge in [0.1, 0.15) is 6.04 Å². The van der Waals surface area contributed by atoms with Gasteiger partial charge in [-0.1, -0.05) is 38.0 Å². The van der Waals surface area contributed by atoms with Crippen molar-refractivity contribution in [2.75, 3.05) is 7.11 Å². The molecule has 0 spiro atoms. The molecule has 0 amide bonds. The Morgan fingerprint density at radius 1 is 1.30 bits per heavy atom. The molecule has 0 radical (unpaired) electrons. The maximum atomic E-state index is 12.2. The molecule has 0 aromatic heterocycles. The first-order chi connectivity index (χ1) is 10.8. The third-order valence-electron chi connectivity index (χ3n) is 3.23. The summed E-state index contributed by atoms with van der Waals surface area (Å²) in [6.07, 6.45) is 1.57. The molecular weight excluding hydrogens is 322 g/mol. The highest BCUT2D eigenvalue weighted by Gasteiger charge is 2.25. The van der Waals surface area contributed by atoms with E-state index in [0.29, 0.717) is 6.42 Å². The Morgan fingerprint density at radius 3 is 2.52 bits per heavy atom. The minimum absolute atomic E-state index is 0.140. The highest BCUT2D eigenvalue weighted by molar-refractivity contribution is 7.88. The second-order valence-electron chi connectivity index (χ2n) is 5.06. The van der Waals surface area contributed by atoms with Crippen LogP contribution in [-0.2, 0) is 25.3 Å². The number of sulfonamides is 1. The molecule has 1 aromatic carbocycles. The van der Waals surface area contributed by atoms with Crippen molar-refractivity contribution in [3.05, 3.63) is 35.4 Å². The van der Waals surface area contributed by atoms with Gasteiger partial charge in [-0.3, -0.25) is 4.79 Å². The summed E-state index contributed by atoms with van der Waals surface area (Å²) in [6, 6.07) is 4.97. The van der Waals surface area contributed by atoms with Gasteiger partial charge in [0.15, 0.2) is 0 Å². The second kappa shape index (κ2) is 8.64. The fourth-order valence-corrected chi connectivity index (χ4v) is 3.46. The van der Waals surface area contributed by atoms with E-state index < -0.39 is 33.8 Å². The molecule has 1 rings (SSSR count). The number of nitrogens with one attached hydrogen (secondary N) is 1. The van der Waals surface area contributed by atoms with Gasteiger partial charge in [0.2, 0.25) is 10.0 Å². The van der Waals surface area contributed by atoms with Crippen molar-refractivity contribution in [3.8, 4) is 0 Å². The van der Waals surface area contributed by atoms with Crippen LogP contribution in [0, 0.1) is 0 Å². The lowest BCUT2D eigenvalue weighted by Gasteiger charge is -2.15. The van der Waals surface area contributed by atoms with Gasteiger partial charge in [-0.15, -0.1) is 0 Å². The molecule has 0 heterocycles. The number of carboxylic acids is 1. The van der Waals surface area contributed by atoms with Gasteiger partial charge in [-0.25, -0.2) is 17.9 Å². The van der Waals surface area contributed by atoms with Crippen molar-refractivity contribution in [1.82, 2.24) is 4.72 Å². The number of carboxylic acid groups (broad SMARTS) is 1. The molecule has 0 aliphatic heterocycles. The molecule has 1 atom stereocenters. The maximum absolute atomic E-state index is 12.2. The largest absolute Gasteiger partial charge is 0.480 e. The third-order valence-corrected chi connectivity index (χ3v) is 4.57. The third kappa shape index (κ3) is 5.99. The Kier molecular flexibility index (Phi) is 7.18. The van der Waals surface area contributed by atoms with Crippen LogP contribution in [0.1, 0.15) is 42.1 Å². The molecule has 7 nitrogen and oxygen atoms in total. The molecule has 8 heteroatoms. The topological polar surface area (TPSA) is 110 Å². The number of rotatable bonds is 9. The number of methoxy groups -OCH3 is 1. The molecule has 1 aromatic rings.